The molecule has 2 aromatic rings. The summed E-state index contributed by atoms with van der Waals surface area (Å²) in [6.45, 7) is 2.27. The molecule has 6 heteroatoms. The summed E-state index contributed by atoms with van der Waals surface area (Å²) < 4.78 is 0. The number of pyridine rings is 1. The number of carboxylic acid groups (broad SMARTS) is 1. The number of rotatable bonds is 8. The van der Waals surface area contributed by atoms with Crippen molar-refractivity contribution >= 4 is 12.0 Å². The molecule has 1 aromatic carbocycles. The lowest BCUT2D eigenvalue weighted by molar-refractivity contribution is -0.137. The second-order valence-electron chi connectivity index (χ2n) is 5.91. The average Bonchev–Trinajstić information content (AvgIpc) is 2.60. The number of carbonyl (C=O) groups excluding carboxylic acids is 1. The number of benzene rings is 1. The van der Waals surface area contributed by atoms with E-state index in [9.17, 15) is 9.59 Å². The van der Waals surface area contributed by atoms with Gasteiger partial charge in [0.1, 0.15) is 0 Å². The van der Waals surface area contributed by atoms with Crippen LogP contribution in [0, 0.1) is 6.92 Å². The first-order valence-electron chi connectivity index (χ1n) is 8.25. The van der Waals surface area contributed by atoms with Crippen LogP contribution in [0.15, 0.2) is 48.7 Å². The predicted octanol–water partition coefficient (Wildman–Crippen LogP) is 2.67. The molecular formula is C19H23N3O3. The second-order valence-corrected chi connectivity index (χ2v) is 5.91. The lowest BCUT2D eigenvalue weighted by Gasteiger charge is -2.19. The van der Waals surface area contributed by atoms with Crippen LogP contribution in [0.4, 0.5) is 4.79 Å². The summed E-state index contributed by atoms with van der Waals surface area (Å²) in [4.78, 5) is 27.3. The lowest BCUT2D eigenvalue weighted by atomic mass is 10.0. The molecule has 0 saturated heterocycles. The molecule has 3 N–H and O–H groups in total. The summed E-state index contributed by atoms with van der Waals surface area (Å²) in [5, 5.41) is 14.6. The minimum Gasteiger partial charge on any atom is -0.481 e. The smallest absolute Gasteiger partial charge is 0.315 e. The lowest BCUT2D eigenvalue weighted by Crippen LogP contribution is -2.43. The van der Waals surface area contributed by atoms with Crippen LogP contribution >= 0.6 is 0 Å². The molecule has 132 valence electrons. The molecule has 2 amide bonds. The largest absolute Gasteiger partial charge is 0.481 e. The predicted molar refractivity (Wildman–Crippen MR) is 95.1 cm³/mol. The van der Waals surface area contributed by atoms with Crippen LogP contribution in [0.2, 0.25) is 0 Å². The van der Waals surface area contributed by atoms with Crippen LogP contribution in [0.5, 0.6) is 0 Å². The Morgan fingerprint density at radius 3 is 2.60 bits per heavy atom. The summed E-state index contributed by atoms with van der Waals surface area (Å²) >= 11 is 0. The zero-order valence-electron chi connectivity index (χ0n) is 14.2. The van der Waals surface area contributed by atoms with Crippen molar-refractivity contribution in [2.24, 2.45) is 0 Å². The van der Waals surface area contributed by atoms with Gasteiger partial charge in [-0.2, -0.15) is 0 Å². The van der Waals surface area contributed by atoms with E-state index >= 15 is 0 Å². The number of carbonyl (C=O) groups is 2. The molecular weight excluding hydrogens is 318 g/mol. The van der Waals surface area contributed by atoms with E-state index in [4.69, 9.17) is 5.11 Å². The fourth-order valence-corrected chi connectivity index (χ4v) is 2.53. The standard InChI is InChI=1S/C19H23N3O3/c1-14-6-5-11-20-17(14)13-21-19(25)22-16(9-10-18(23)24)12-15-7-3-2-4-8-15/h2-8,11,16H,9-10,12-13H2,1H3,(H,23,24)(H2,21,22,25). The van der Waals surface area contributed by atoms with Crippen molar-refractivity contribution in [2.45, 2.75) is 38.8 Å². The van der Waals surface area contributed by atoms with Gasteiger partial charge in [0.2, 0.25) is 0 Å². The molecule has 1 aromatic heterocycles. The highest BCUT2D eigenvalue weighted by atomic mass is 16.4. The second kappa shape index (κ2) is 9.42. The third-order valence-electron chi connectivity index (χ3n) is 3.90. The quantitative estimate of drug-likeness (QED) is 0.688. The summed E-state index contributed by atoms with van der Waals surface area (Å²) in [5.41, 5.74) is 2.87. The highest BCUT2D eigenvalue weighted by Gasteiger charge is 2.15. The van der Waals surface area contributed by atoms with E-state index < -0.39 is 5.97 Å². The molecule has 0 aliphatic heterocycles. The molecule has 0 bridgehead atoms. The Morgan fingerprint density at radius 1 is 1.16 bits per heavy atom. The summed E-state index contributed by atoms with van der Waals surface area (Å²) in [5.74, 6) is -0.871. The molecule has 1 heterocycles. The zero-order valence-corrected chi connectivity index (χ0v) is 14.2. The molecule has 0 fully saturated rings. The maximum absolute atomic E-state index is 12.2. The van der Waals surface area contributed by atoms with Crippen molar-refractivity contribution in [3.63, 3.8) is 0 Å². The Hall–Kier alpha value is -2.89. The van der Waals surface area contributed by atoms with E-state index in [-0.39, 0.29) is 18.5 Å². The van der Waals surface area contributed by atoms with Gasteiger partial charge in [0.15, 0.2) is 0 Å². The number of aliphatic carboxylic acids is 1. The highest BCUT2D eigenvalue weighted by molar-refractivity contribution is 5.74. The van der Waals surface area contributed by atoms with E-state index in [1.165, 1.54) is 0 Å². The van der Waals surface area contributed by atoms with E-state index in [0.29, 0.717) is 19.4 Å². The Kier molecular flexibility index (Phi) is 6.95. The monoisotopic (exact) mass is 341 g/mol. The molecule has 0 spiro atoms. The molecule has 1 unspecified atom stereocenters. The SMILES string of the molecule is Cc1cccnc1CNC(=O)NC(CCC(=O)O)Cc1ccccc1. The maximum Gasteiger partial charge on any atom is 0.315 e. The average molecular weight is 341 g/mol. The van der Waals surface area contributed by atoms with Gasteiger partial charge in [-0.15, -0.1) is 0 Å². The molecule has 0 aliphatic rings. The van der Waals surface area contributed by atoms with Crippen LogP contribution < -0.4 is 10.6 Å². The first-order valence-corrected chi connectivity index (χ1v) is 8.25. The van der Waals surface area contributed by atoms with Gasteiger partial charge in [0.25, 0.3) is 0 Å². The molecule has 0 radical (unpaired) electrons. The number of aromatic nitrogens is 1. The number of hydrogen-bond donors (Lipinski definition) is 3. The van der Waals surface area contributed by atoms with Crippen LogP contribution in [0.1, 0.15) is 29.7 Å². The van der Waals surface area contributed by atoms with Crippen molar-refractivity contribution in [3.05, 3.63) is 65.5 Å². The molecule has 1 atom stereocenters. The topological polar surface area (TPSA) is 91.3 Å². The van der Waals surface area contributed by atoms with Gasteiger partial charge in [-0.1, -0.05) is 36.4 Å². The Morgan fingerprint density at radius 2 is 1.92 bits per heavy atom. The van der Waals surface area contributed by atoms with E-state index in [1.807, 2.05) is 49.4 Å². The maximum atomic E-state index is 12.2. The van der Waals surface area contributed by atoms with Crippen LogP contribution in [-0.4, -0.2) is 28.1 Å². The zero-order chi connectivity index (χ0) is 18.1. The summed E-state index contributed by atoms with van der Waals surface area (Å²) in [7, 11) is 0. The van der Waals surface area contributed by atoms with Crippen LogP contribution in [0.3, 0.4) is 0 Å². The summed E-state index contributed by atoms with van der Waals surface area (Å²) in [6, 6.07) is 12.9. The number of nitrogens with one attached hydrogen (secondary N) is 2. The van der Waals surface area contributed by atoms with Gasteiger partial charge in [-0.25, -0.2) is 4.79 Å². The van der Waals surface area contributed by atoms with Gasteiger partial charge in [0, 0.05) is 18.7 Å². The first-order chi connectivity index (χ1) is 12.0. The summed E-state index contributed by atoms with van der Waals surface area (Å²) in [6.07, 6.45) is 2.66. The molecule has 2 rings (SSSR count). The fraction of sp³-hybridized carbons (Fsp3) is 0.316. The van der Waals surface area contributed by atoms with E-state index in [0.717, 1.165) is 16.8 Å². The van der Waals surface area contributed by atoms with Gasteiger partial charge in [0.05, 0.1) is 12.2 Å². The Labute approximate surface area is 147 Å². The minimum absolute atomic E-state index is 0.0110. The van der Waals surface area contributed by atoms with E-state index in [1.54, 1.807) is 6.20 Å². The van der Waals surface area contributed by atoms with Gasteiger partial charge in [-0.05, 0) is 37.0 Å². The number of urea groups is 1. The number of hydrogen-bond acceptors (Lipinski definition) is 3. The molecule has 6 nitrogen and oxygen atoms in total. The van der Waals surface area contributed by atoms with Crippen molar-refractivity contribution in [1.82, 2.24) is 15.6 Å². The van der Waals surface area contributed by atoms with Crippen LogP contribution in [0.25, 0.3) is 0 Å². The third-order valence-corrected chi connectivity index (χ3v) is 3.90. The minimum atomic E-state index is -0.871. The third kappa shape index (κ3) is 6.63. The van der Waals surface area contributed by atoms with Gasteiger partial charge in [-0.3, -0.25) is 9.78 Å². The van der Waals surface area contributed by atoms with Crippen molar-refractivity contribution in [1.29, 1.82) is 0 Å². The Bertz CT molecular complexity index is 704. The Balaban J connectivity index is 1.91. The highest BCUT2D eigenvalue weighted by Crippen LogP contribution is 2.08. The van der Waals surface area contributed by atoms with Crippen LogP contribution in [-0.2, 0) is 17.8 Å². The van der Waals surface area contributed by atoms with Crippen molar-refractivity contribution in [3.8, 4) is 0 Å². The molecule has 0 aliphatic carbocycles. The fourth-order valence-electron chi connectivity index (χ4n) is 2.53. The number of nitrogens with zero attached hydrogens (tertiary/aromatic N) is 1. The molecule has 25 heavy (non-hydrogen) atoms. The number of amides is 2. The number of aryl methyl sites for hydroxylation is 1. The van der Waals surface area contributed by atoms with E-state index in [2.05, 4.69) is 15.6 Å². The normalized spacial score (nSPS) is 11.6. The van der Waals surface area contributed by atoms with Crippen molar-refractivity contribution in [2.75, 3.05) is 0 Å². The van der Waals surface area contributed by atoms with Gasteiger partial charge < -0.3 is 15.7 Å². The molecule has 0 saturated carbocycles. The van der Waals surface area contributed by atoms with Crippen molar-refractivity contribution < 1.29 is 14.7 Å². The first kappa shape index (κ1) is 18.4. The van der Waals surface area contributed by atoms with Gasteiger partial charge >= 0.3 is 12.0 Å². The number of carboxylic acids is 1.